The van der Waals surface area contributed by atoms with E-state index in [1.807, 2.05) is 0 Å². The van der Waals surface area contributed by atoms with Gasteiger partial charge in [-0.2, -0.15) is 0 Å². The highest BCUT2D eigenvalue weighted by Crippen LogP contribution is 2.25. The Balaban J connectivity index is 1.32. The van der Waals surface area contributed by atoms with Crippen molar-refractivity contribution in [1.29, 1.82) is 0 Å². The van der Waals surface area contributed by atoms with Crippen molar-refractivity contribution in [2.45, 2.75) is 12.8 Å². The van der Waals surface area contributed by atoms with Crippen molar-refractivity contribution in [2.24, 2.45) is 5.92 Å². The highest BCUT2D eigenvalue weighted by atomic mass is 19.1. The van der Waals surface area contributed by atoms with E-state index < -0.39 is 11.7 Å². The van der Waals surface area contributed by atoms with Crippen LogP contribution in [0.4, 0.5) is 15.9 Å². The van der Waals surface area contributed by atoms with Gasteiger partial charge in [-0.15, -0.1) is 0 Å². The highest BCUT2D eigenvalue weighted by Gasteiger charge is 2.29. The standard InChI is InChI=1S/C26H25FN4O4/c27-20-8-2-3-9-21(20)29-24(32)17-35-22-10-4-1-7-19(22)26(34)31-15-12-18(13-16-31)25(33)30-23-11-5-6-14-28-23/h1-11,14,18H,12-13,15-17H2,(H,29,32)(H,28,30,33). The van der Waals surface area contributed by atoms with Crippen molar-refractivity contribution in [3.63, 3.8) is 0 Å². The van der Waals surface area contributed by atoms with Crippen LogP contribution in [-0.2, 0) is 9.59 Å². The fraction of sp³-hybridized carbons (Fsp3) is 0.231. The third-order valence-electron chi connectivity index (χ3n) is 5.69. The monoisotopic (exact) mass is 476 g/mol. The maximum absolute atomic E-state index is 13.7. The van der Waals surface area contributed by atoms with Gasteiger partial charge in [-0.05, 0) is 49.2 Å². The second kappa shape index (κ2) is 11.2. The van der Waals surface area contributed by atoms with Gasteiger partial charge in [-0.25, -0.2) is 9.37 Å². The molecule has 3 amide bonds. The molecule has 35 heavy (non-hydrogen) atoms. The Morgan fingerprint density at radius 3 is 2.40 bits per heavy atom. The lowest BCUT2D eigenvalue weighted by Crippen LogP contribution is -2.41. The van der Waals surface area contributed by atoms with Gasteiger partial charge in [0.2, 0.25) is 5.91 Å². The van der Waals surface area contributed by atoms with Crippen LogP contribution in [0.25, 0.3) is 0 Å². The van der Waals surface area contributed by atoms with Gasteiger partial charge < -0.3 is 20.3 Å². The number of amides is 3. The lowest BCUT2D eigenvalue weighted by Gasteiger charge is -2.31. The van der Waals surface area contributed by atoms with Crippen molar-refractivity contribution >= 4 is 29.2 Å². The minimum atomic E-state index is -0.548. The molecule has 0 aliphatic carbocycles. The van der Waals surface area contributed by atoms with E-state index in [2.05, 4.69) is 15.6 Å². The normalized spacial score (nSPS) is 13.7. The number of carbonyl (C=O) groups is 3. The molecule has 180 valence electrons. The maximum atomic E-state index is 13.7. The Labute approximate surface area is 202 Å². The van der Waals surface area contributed by atoms with Crippen LogP contribution in [0.2, 0.25) is 0 Å². The number of rotatable bonds is 7. The van der Waals surface area contributed by atoms with E-state index in [1.54, 1.807) is 59.6 Å². The molecule has 4 rings (SSSR count). The predicted molar refractivity (Wildman–Crippen MR) is 128 cm³/mol. The van der Waals surface area contributed by atoms with Gasteiger partial charge in [0.15, 0.2) is 6.61 Å². The van der Waals surface area contributed by atoms with Crippen LogP contribution in [0.3, 0.4) is 0 Å². The second-order valence-corrected chi connectivity index (χ2v) is 8.08. The number of pyridine rings is 1. The maximum Gasteiger partial charge on any atom is 0.262 e. The van der Waals surface area contributed by atoms with Gasteiger partial charge >= 0.3 is 0 Å². The van der Waals surface area contributed by atoms with Crippen LogP contribution < -0.4 is 15.4 Å². The number of nitrogens with one attached hydrogen (secondary N) is 2. The summed E-state index contributed by atoms with van der Waals surface area (Å²) in [6.07, 6.45) is 2.66. The van der Waals surface area contributed by atoms with Gasteiger partial charge in [-0.3, -0.25) is 14.4 Å². The van der Waals surface area contributed by atoms with Crippen molar-refractivity contribution in [3.05, 3.63) is 84.3 Å². The smallest absolute Gasteiger partial charge is 0.262 e. The zero-order valence-corrected chi connectivity index (χ0v) is 18.9. The van der Waals surface area contributed by atoms with Crippen LogP contribution >= 0.6 is 0 Å². The zero-order chi connectivity index (χ0) is 24.6. The first kappa shape index (κ1) is 23.9. The van der Waals surface area contributed by atoms with Crippen LogP contribution in [0.15, 0.2) is 72.9 Å². The first-order valence-electron chi connectivity index (χ1n) is 11.3. The van der Waals surface area contributed by atoms with E-state index in [0.717, 1.165) is 0 Å². The lowest BCUT2D eigenvalue weighted by molar-refractivity contribution is -0.121. The Hall–Kier alpha value is -4.27. The number of hydrogen-bond donors (Lipinski definition) is 2. The van der Waals surface area contributed by atoms with Crippen molar-refractivity contribution in [1.82, 2.24) is 9.88 Å². The number of piperidine rings is 1. The number of carbonyl (C=O) groups excluding carboxylic acids is 3. The summed E-state index contributed by atoms with van der Waals surface area (Å²) in [7, 11) is 0. The van der Waals surface area contributed by atoms with Crippen LogP contribution in [0.5, 0.6) is 5.75 Å². The average Bonchev–Trinajstić information content (AvgIpc) is 2.89. The SMILES string of the molecule is O=C(COc1ccccc1C(=O)N1CCC(C(=O)Nc2ccccn2)CC1)Nc1ccccc1F. The minimum Gasteiger partial charge on any atom is -0.483 e. The molecule has 2 N–H and O–H groups in total. The molecule has 9 heteroatoms. The third-order valence-corrected chi connectivity index (χ3v) is 5.69. The molecule has 1 aliphatic heterocycles. The quantitative estimate of drug-likeness (QED) is 0.541. The summed E-state index contributed by atoms with van der Waals surface area (Å²) in [6.45, 7) is 0.455. The molecule has 0 saturated carbocycles. The molecule has 1 fully saturated rings. The number of ether oxygens (including phenoxy) is 1. The molecule has 0 bridgehead atoms. The van der Waals surface area contributed by atoms with E-state index in [1.165, 1.54) is 18.2 Å². The fourth-order valence-corrected chi connectivity index (χ4v) is 3.84. The number of benzene rings is 2. The van der Waals surface area contributed by atoms with Gasteiger partial charge in [0.05, 0.1) is 11.3 Å². The first-order valence-corrected chi connectivity index (χ1v) is 11.3. The molecule has 1 aliphatic rings. The third kappa shape index (κ3) is 6.20. The molecule has 3 aromatic rings. The van der Waals surface area contributed by atoms with E-state index in [4.69, 9.17) is 4.74 Å². The lowest BCUT2D eigenvalue weighted by atomic mass is 9.95. The van der Waals surface area contributed by atoms with Gasteiger partial charge in [0.25, 0.3) is 11.8 Å². The Morgan fingerprint density at radius 1 is 0.943 bits per heavy atom. The zero-order valence-electron chi connectivity index (χ0n) is 18.9. The topological polar surface area (TPSA) is 101 Å². The van der Waals surface area contributed by atoms with Gasteiger partial charge in [0, 0.05) is 25.2 Å². The summed E-state index contributed by atoms with van der Waals surface area (Å²) >= 11 is 0. The van der Waals surface area contributed by atoms with Crippen molar-refractivity contribution < 1.29 is 23.5 Å². The summed E-state index contributed by atoms with van der Waals surface area (Å²) in [4.78, 5) is 43.7. The Kier molecular flexibility index (Phi) is 7.67. The molecule has 0 radical (unpaired) electrons. The van der Waals surface area contributed by atoms with E-state index in [9.17, 15) is 18.8 Å². The summed E-state index contributed by atoms with van der Waals surface area (Å²) in [5.41, 5.74) is 0.378. The number of likely N-dealkylation sites (tertiary alicyclic amines) is 1. The van der Waals surface area contributed by atoms with Crippen molar-refractivity contribution in [3.8, 4) is 5.75 Å². The molecule has 1 saturated heterocycles. The molecular formula is C26H25FN4O4. The average molecular weight is 477 g/mol. The molecule has 2 aromatic carbocycles. The number of para-hydroxylation sites is 2. The number of aromatic nitrogens is 1. The molecule has 1 aromatic heterocycles. The molecule has 0 unspecified atom stereocenters. The first-order chi connectivity index (χ1) is 17.0. The Bertz CT molecular complexity index is 1200. The molecule has 0 spiro atoms. The Morgan fingerprint density at radius 2 is 1.66 bits per heavy atom. The van der Waals surface area contributed by atoms with Gasteiger partial charge in [0.1, 0.15) is 17.4 Å². The largest absolute Gasteiger partial charge is 0.483 e. The molecule has 0 atom stereocenters. The summed E-state index contributed by atoms with van der Waals surface area (Å²) in [6, 6.07) is 17.8. The molecule has 8 nitrogen and oxygen atoms in total. The second-order valence-electron chi connectivity index (χ2n) is 8.08. The van der Waals surface area contributed by atoms with Gasteiger partial charge in [-0.1, -0.05) is 30.3 Å². The highest BCUT2D eigenvalue weighted by molar-refractivity contribution is 5.98. The predicted octanol–water partition coefficient (Wildman–Crippen LogP) is 3.73. The fourth-order valence-electron chi connectivity index (χ4n) is 3.84. The van der Waals surface area contributed by atoms with E-state index in [-0.39, 0.29) is 35.8 Å². The number of anilines is 2. The van der Waals surface area contributed by atoms with E-state index in [0.29, 0.717) is 37.3 Å². The summed E-state index contributed by atoms with van der Waals surface area (Å²) < 4.78 is 19.3. The number of nitrogens with zero attached hydrogens (tertiary/aromatic N) is 2. The van der Waals surface area contributed by atoms with Crippen LogP contribution in [-0.4, -0.2) is 47.3 Å². The minimum absolute atomic E-state index is 0.0559. The van der Waals surface area contributed by atoms with Crippen LogP contribution in [0.1, 0.15) is 23.2 Å². The van der Waals surface area contributed by atoms with E-state index >= 15 is 0 Å². The van der Waals surface area contributed by atoms with Crippen LogP contribution in [0, 0.1) is 11.7 Å². The summed E-state index contributed by atoms with van der Waals surface area (Å²) in [5, 5.41) is 5.26. The molecule has 2 heterocycles. The number of halogens is 1. The number of hydrogen-bond acceptors (Lipinski definition) is 5. The molecular weight excluding hydrogens is 451 g/mol. The summed E-state index contributed by atoms with van der Waals surface area (Å²) in [5.74, 6) is -0.892. The van der Waals surface area contributed by atoms with Crippen molar-refractivity contribution in [2.75, 3.05) is 30.3 Å².